The lowest BCUT2D eigenvalue weighted by Crippen LogP contribution is -2.49. The fourth-order valence-corrected chi connectivity index (χ4v) is 3.28. The molecule has 24 heavy (non-hydrogen) atoms. The molecule has 1 aromatic carbocycles. The SMILES string of the molecule is Cc1ccc(C(=O)N2Cc3c(nc(C)n(C)c3=O)C(C)(C)C2)cc1. The number of benzene rings is 1. The average Bonchev–Trinajstić information content (AvgIpc) is 2.53. The van der Waals surface area contributed by atoms with Crippen molar-refractivity contribution in [1.82, 2.24) is 14.5 Å². The Hall–Kier alpha value is -2.43. The van der Waals surface area contributed by atoms with Gasteiger partial charge in [-0.3, -0.25) is 14.2 Å². The molecule has 1 aromatic heterocycles. The summed E-state index contributed by atoms with van der Waals surface area (Å²) in [5.41, 5.74) is 2.79. The van der Waals surface area contributed by atoms with E-state index in [0.29, 0.717) is 30.0 Å². The largest absolute Gasteiger partial charge is 0.333 e. The lowest BCUT2D eigenvalue weighted by atomic mass is 9.82. The lowest BCUT2D eigenvalue weighted by molar-refractivity contribution is 0.0680. The molecule has 3 rings (SSSR count). The lowest BCUT2D eigenvalue weighted by Gasteiger charge is -2.39. The Morgan fingerprint density at radius 3 is 2.42 bits per heavy atom. The molecule has 1 aliphatic rings. The number of aromatic nitrogens is 2. The Labute approximate surface area is 141 Å². The highest BCUT2D eigenvalue weighted by atomic mass is 16.2. The molecule has 0 saturated carbocycles. The van der Waals surface area contributed by atoms with Gasteiger partial charge < -0.3 is 4.90 Å². The van der Waals surface area contributed by atoms with Crippen LogP contribution in [-0.2, 0) is 19.0 Å². The Morgan fingerprint density at radius 2 is 1.79 bits per heavy atom. The Bertz CT molecular complexity index is 863. The highest BCUT2D eigenvalue weighted by Gasteiger charge is 2.37. The van der Waals surface area contributed by atoms with Gasteiger partial charge in [-0.25, -0.2) is 4.98 Å². The summed E-state index contributed by atoms with van der Waals surface area (Å²) in [6, 6.07) is 7.54. The summed E-state index contributed by atoms with van der Waals surface area (Å²) >= 11 is 0. The molecule has 1 amide bonds. The smallest absolute Gasteiger partial charge is 0.258 e. The molecule has 0 radical (unpaired) electrons. The van der Waals surface area contributed by atoms with Crippen molar-refractivity contribution < 1.29 is 4.79 Å². The second-order valence-electron chi connectivity index (χ2n) is 7.26. The van der Waals surface area contributed by atoms with E-state index in [-0.39, 0.29) is 16.9 Å². The summed E-state index contributed by atoms with van der Waals surface area (Å²) in [5.74, 6) is 0.654. The zero-order valence-corrected chi connectivity index (χ0v) is 14.9. The highest BCUT2D eigenvalue weighted by molar-refractivity contribution is 5.94. The first-order valence-corrected chi connectivity index (χ1v) is 8.13. The van der Waals surface area contributed by atoms with Crippen molar-refractivity contribution in [1.29, 1.82) is 0 Å². The van der Waals surface area contributed by atoms with Gasteiger partial charge in [-0.05, 0) is 26.0 Å². The number of carbonyl (C=O) groups is 1. The molecule has 0 N–H and O–H groups in total. The second kappa shape index (κ2) is 5.58. The van der Waals surface area contributed by atoms with Crippen molar-refractivity contribution in [2.45, 2.75) is 39.7 Å². The number of rotatable bonds is 1. The second-order valence-corrected chi connectivity index (χ2v) is 7.26. The monoisotopic (exact) mass is 325 g/mol. The topological polar surface area (TPSA) is 55.2 Å². The average molecular weight is 325 g/mol. The van der Waals surface area contributed by atoms with Crippen LogP contribution in [0.3, 0.4) is 0 Å². The predicted molar refractivity (Wildman–Crippen MR) is 93.2 cm³/mol. The van der Waals surface area contributed by atoms with E-state index in [4.69, 9.17) is 0 Å². The van der Waals surface area contributed by atoms with E-state index in [1.54, 1.807) is 16.5 Å². The maximum Gasteiger partial charge on any atom is 0.258 e. The van der Waals surface area contributed by atoms with Crippen LogP contribution in [0.2, 0.25) is 0 Å². The van der Waals surface area contributed by atoms with Crippen LogP contribution in [0.25, 0.3) is 0 Å². The third-order valence-corrected chi connectivity index (χ3v) is 4.77. The summed E-state index contributed by atoms with van der Waals surface area (Å²) in [4.78, 5) is 31.9. The van der Waals surface area contributed by atoms with Crippen molar-refractivity contribution in [2.75, 3.05) is 6.54 Å². The molecule has 0 unspecified atom stereocenters. The summed E-state index contributed by atoms with van der Waals surface area (Å²) < 4.78 is 1.55. The zero-order valence-electron chi connectivity index (χ0n) is 14.9. The Balaban J connectivity index is 2.04. The van der Waals surface area contributed by atoms with Crippen molar-refractivity contribution in [3.63, 3.8) is 0 Å². The Kier molecular flexibility index (Phi) is 3.82. The Morgan fingerprint density at radius 1 is 1.17 bits per heavy atom. The number of aryl methyl sites for hydroxylation is 2. The molecule has 2 heterocycles. The van der Waals surface area contributed by atoms with Crippen LogP contribution in [0, 0.1) is 13.8 Å². The highest BCUT2D eigenvalue weighted by Crippen LogP contribution is 2.31. The standard InChI is InChI=1S/C19H23N3O2/c1-12-6-8-14(9-7-12)17(23)22-10-15-16(19(3,4)11-22)20-13(2)21(5)18(15)24/h6-9H,10-11H2,1-5H3. The predicted octanol–water partition coefficient (Wildman–Crippen LogP) is 2.33. The van der Waals surface area contributed by atoms with Crippen LogP contribution in [-0.4, -0.2) is 26.9 Å². The van der Waals surface area contributed by atoms with E-state index >= 15 is 0 Å². The van der Waals surface area contributed by atoms with Crippen molar-refractivity contribution in [3.8, 4) is 0 Å². The fourth-order valence-electron chi connectivity index (χ4n) is 3.28. The maximum atomic E-state index is 12.9. The molecule has 0 atom stereocenters. The molecule has 2 aromatic rings. The number of amides is 1. The van der Waals surface area contributed by atoms with Gasteiger partial charge in [0.25, 0.3) is 11.5 Å². The van der Waals surface area contributed by atoms with Gasteiger partial charge in [-0.15, -0.1) is 0 Å². The molecule has 0 fully saturated rings. The maximum absolute atomic E-state index is 12.9. The number of hydrogen-bond donors (Lipinski definition) is 0. The molecular weight excluding hydrogens is 302 g/mol. The van der Waals surface area contributed by atoms with Gasteiger partial charge in [0.15, 0.2) is 0 Å². The molecule has 5 heteroatoms. The zero-order chi connectivity index (χ0) is 17.6. The molecule has 1 aliphatic heterocycles. The van der Waals surface area contributed by atoms with Gasteiger partial charge >= 0.3 is 0 Å². The molecule has 0 aliphatic carbocycles. The number of fused-ring (bicyclic) bond motifs is 1. The summed E-state index contributed by atoms with van der Waals surface area (Å²) in [5, 5.41) is 0. The van der Waals surface area contributed by atoms with E-state index in [2.05, 4.69) is 4.98 Å². The first-order valence-electron chi connectivity index (χ1n) is 8.13. The number of hydrogen-bond acceptors (Lipinski definition) is 3. The van der Waals surface area contributed by atoms with Crippen LogP contribution >= 0.6 is 0 Å². The van der Waals surface area contributed by atoms with Crippen LogP contribution in [0.15, 0.2) is 29.1 Å². The minimum Gasteiger partial charge on any atom is -0.333 e. The van der Waals surface area contributed by atoms with Gasteiger partial charge in [0, 0.05) is 24.6 Å². The molecule has 126 valence electrons. The van der Waals surface area contributed by atoms with E-state index in [9.17, 15) is 9.59 Å². The first-order chi connectivity index (χ1) is 11.2. The van der Waals surface area contributed by atoms with Crippen molar-refractivity contribution >= 4 is 5.91 Å². The minimum absolute atomic E-state index is 0.0450. The van der Waals surface area contributed by atoms with Crippen LogP contribution < -0.4 is 5.56 Å². The minimum atomic E-state index is -0.355. The third kappa shape index (κ3) is 2.64. The normalized spacial score (nSPS) is 16.0. The van der Waals surface area contributed by atoms with Gasteiger partial charge in [-0.2, -0.15) is 0 Å². The summed E-state index contributed by atoms with van der Waals surface area (Å²) in [7, 11) is 1.72. The third-order valence-electron chi connectivity index (χ3n) is 4.77. The van der Waals surface area contributed by atoms with E-state index in [1.807, 2.05) is 52.0 Å². The van der Waals surface area contributed by atoms with Gasteiger partial charge in [0.1, 0.15) is 5.82 Å². The molecule has 0 saturated heterocycles. The fraction of sp³-hybridized carbons (Fsp3) is 0.421. The summed E-state index contributed by atoms with van der Waals surface area (Å²) in [6.45, 7) is 8.75. The van der Waals surface area contributed by atoms with Crippen LogP contribution in [0.4, 0.5) is 0 Å². The molecule has 5 nitrogen and oxygen atoms in total. The van der Waals surface area contributed by atoms with Crippen LogP contribution in [0.1, 0.15) is 46.9 Å². The molecular formula is C19H23N3O2. The van der Waals surface area contributed by atoms with E-state index in [1.165, 1.54) is 0 Å². The van der Waals surface area contributed by atoms with Crippen molar-refractivity contribution in [2.24, 2.45) is 7.05 Å². The number of carbonyl (C=O) groups excluding carboxylic acids is 1. The molecule has 0 spiro atoms. The van der Waals surface area contributed by atoms with Gasteiger partial charge in [0.2, 0.25) is 0 Å². The van der Waals surface area contributed by atoms with Crippen molar-refractivity contribution in [3.05, 3.63) is 62.8 Å². The first kappa shape index (κ1) is 16.4. The quantitative estimate of drug-likeness (QED) is 0.808. The van der Waals surface area contributed by atoms with E-state index < -0.39 is 0 Å². The van der Waals surface area contributed by atoms with Gasteiger partial charge in [0.05, 0.1) is 17.8 Å². The van der Waals surface area contributed by atoms with E-state index in [0.717, 1.165) is 11.3 Å². The number of nitrogens with zero attached hydrogens (tertiary/aromatic N) is 3. The molecule has 0 bridgehead atoms. The van der Waals surface area contributed by atoms with Crippen LogP contribution in [0.5, 0.6) is 0 Å². The summed E-state index contributed by atoms with van der Waals surface area (Å²) in [6.07, 6.45) is 0. The van der Waals surface area contributed by atoms with Gasteiger partial charge in [-0.1, -0.05) is 31.5 Å².